The number of anilines is 2. The van der Waals surface area contributed by atoms with Crippen LogP contribution in [0.5, 0.6) is 0 Å². The number of halogens is 5. The number of alkyl halides is 3. The van der Waals surface area contributed by atoms with Crippen LogP contribution < -0.4 is 9.80 Å². The van der Waals surface area contributed by atoms with Crippen LogP contribution in [0.4, 0.5) is 29.3 Å². The van der Waals surface area contributed by atoms with Gasteiger partial charge in [0.15, 0.2) is 5.82 Å². The highest BCUT2D eigenvalue weighted by Gasteiger charge is 2.53. The lowest BCUT2D eigenvalue weighted by Gasteiger charge is -2.60. The van der Waals surface area contributed by atoms with E-state index < -0.39 is 18.7 Å². The van der Waals surface area contributed by atoms with Crippen molar-refractivity contribution in [3.8, 4) is 5.69 Å². The number of likely N-dealkylation sites (tertiary alicyclic amines) is 1. The summed E-state index contributed by atoms with van der Waals surface area (Å²) in [6.45, 7) is 5.81. The van der Waals surface area contributed by atoms with Crippen molar-refractivity contribution in [1.82, 2.24) is 29.5 Å². The van der Waals surface area contributed by atoms with Gasteiger partial charge in [-0.15, -0.1) is 10.2 Å². The first-order valence-electron chi connectivity index (χ1n) is 13.0. The highest BCUT2D eigenvalue weighted by atomic mass is 35.5. The van der Waals surface area contributed by atoms with E-state index in [-0.39, 0.29) is 11.5 Å². The van der Waals surface area contributed by atoms with Gasteiger partial charge >= 0.3 is 6.18 Å². The van der Waals surface area contributed by atoms with Crippen LogP contribution in [-0.2, 0) is 13.1 Å². The predicted octanol–water partition coefficient (Wildman–Crippen LogP) is 3.65. The summed E-state index contributed by atoms with van der Waals surface area (Å²) < 4.78 is 54.5. The zero-order chi connectivity index (χ0) is 27.1. The molecule has 13 heteroatoms. The van der Waals surface area contributed by atoms with Crippen molar-refractivity contribution in [1.29, 1.82) is 0 Å². The second-order valence-corrected chi connectivity index (χ2v) is 11.8. The smallest absolute Gasteiger partial charge is 0.355 e. The molecular weight excluding hydrogens is 536 g/mol. The molecule has 0 amide bonds. The van der Waals surface area contributed by atoms with Gasteiger partial charge in [0, 0.05) is 67.9 Å². The summed E-state index contributed by atoms with van der Waals surface area (Å²) in [5.41, 5.74) is 2.57. The molecule has 0 unspecified atom stereocenters. The molecular formula is C26H27ClF4N8. The molecule has 206 valence electrons. The second-order valence-electron chi connectivity index (χ2n) is 11.4. The number of hydrogen-bond donors (Lipinski definition) is 0. The second kappa shape index (κ2) is 8.77. The summed E-state index contributed by atoms with van der Waals surface area (Å²) in [4.78, 5) is 12.0. The molecule has 0 bridgehead atoms. The van der Waals surface area contributed by atoms with Gasteiger partial charge in [0.1, 0.15) is 5.82 Å². The first-order chi connectivity index (χ1) is 18.6. The van der Waals surface area contributed by atoms with Gasteiger partial charge in [0.2, 0.25) is 11.9 Å². The third-order valence-corrected chi connectivity index (χ3v) is 8.54. The highest BCUT2D eigenvalue weighted by Crippen LogP contribution is 2.44. The Morgan fingerprint density at radius 3 is 2.46 bits per heavy atom. The normalized spacial score (nSPS) is 21.2. The molecule has 0 atom stereocenters. The number of hydrogen-bond acceptors (Lipinski definition) is 7. The Labute approximate surface area is 227 Å². The molecule has 7 rings (SSSR count). The van der Waals surface area contributed by atoms with E-state index in [0.717, 1.165) is 49.2 Å². The van der Waals surface area contributed by atoms with Gasteiger partial charge in [-0.25, -0.2) is 4.98 Å². The largest absolute Gasteiger partial charge is 0.401 e. The molecule has 3 fully saturated rings. The van der Waals surface area contributed by atoms with Crippen molar-refractivity contribution < 1.29 is 17.6 Å². The third-order valence-electron chi connectivity index (χ3n) is 8.30. The quantitative estimate of drug-likeness (QED) is 0.355. The van der Waals surface area contributed by atoms with E-state index in [2.05, 4.69) is 34.4 Å². The van der Waals surface area contributed by atoms with Gasteiger partial charge in [-0.05, 0) is 36.8 Å². The average Bonchev–Trinajstić information content (AvgIpc) is 3.11. The molecule has 8 nitrogen and oxygen atoms in total. The fourth-order valence-electron chi connectivity index (χ4n) is 6.33. The van der Waals surface area contributed by atoms with Gasteiger partial charge in [-0.2, -0.15) is 17.6 Å². The average molecular weight is 563 g/mol. The zero-order valence-electron chi connectivity index (χ0n) is 21.3. The van der Waals surface area contributed by atoms with Crippen LogP contribution in [0.25, 0.3) is 5.69 Å². The topological polar surface area (TPSA) is 56.6 Å². The molecule has 3 aromatic rings. The minimum Gasteiger partial charge on any atom is -0.355 e. The molecule has 1 aromatic carbocycles. The van der Waals surface area contributed by atoms with Crippen LogP contribution in [0.3, 0.4) is 0 Å². The molecule has 0 aliphatic carbocycles. The highest BCUT2D eigenvalue weighted by molar-refractivity contribution is 6.30. The van der Waals surface area contributed by atoms with Crippen molar-refractivity contribution in [2.45, 2.75) is 32.2 Å². The van der Waals surface area contributed by atoms with Crippen LogP contribution >= 0.6 is 11.6 Å². The Morgan fingerprint density at radius 2 is 1.74 bits per heavy atom. The summed E-state index contributed by atoms with van der Waals surface area (Å²) in [7, 11) is 0. The Morgan fingerprint density at radius 1 is 1.00 bits per heavy atom. The van der Waals surface area contributed by atoms with Crippen LogP contribution in [0.15, 0.2) is 30.3 Å². The lowest BCUT2D eigenvalue weighted by Crippen LogP contribution is -2.73. The molecule has 0 saturated carbocycles. The van der Waals surface area contributed by atoms with Gasteiger partial charge in [0.25, 0.3) is 0 Å². The Kier molecular flexibility index (Phi) is 5.63. The van der Waals surface area contributed by atoms with E-state index in [1.807, 2.05) is 24.3 Å². The standard InChI is InChI=1S/C26H27ClF4N8/c1-16-2-5-21(32-23(16)28)37-11-25(12-37)13-38(14-25)24-34-33-22-10-36(19-8-35(9-19)15-26(29,30)31)7-17-6-18(27)3-4-20(17)39(22)24/h2-6,19H,7-15H2,1H3. The molecule has 1 spiro atoms. The summed E-state index contributed by atoms with van der Waals surface area (Å²) in [5, 5.41) is 9.68. The van der Waals surface area contributed by atoms with Crippen LogP contribution in [0.1, 0.15) is 17.0 Å². The van der Waals surface area contributed by atoms with Crippen molar-refractivity contribution in [3.05, 3.63) is 58.3 Å². The summed E-state index contributed by atoms with van der Waals surface area (Å²) in [6, 6.07) is 9.34. The number of benzene rings is 1. The van der Waals surface area contributed by atoms with Crippen LogP contribution in [0, 0.1) is 18.3 Å². The number of nitrogens with zero attached hydrogens (tertiary/aromatic N) is 8. The molecule has 39 heavy (non-hydrogen) atoms. The minimum atomic E-state index is -4.20. The maximum absolute atomic E-state index is 13.9. The molecule has 2 aromatic heterocycles. The van der Waals surface area contributed by atoms with Crippen molar-refractivity contribution >= 4 is 23.4 Å². The molecule has 4 aliphatic heterocycles. The van der Waals surface area contributed by atoms with E-state index in [4.69, 9.17) is 11.6 Å². The van der Waals surface area contributed by atoms with Crippen LogP contribution in [0.2, 0.25) is 5.02 Å². The van der Waals surface area contributed by atoms with Crippen LogP contribution in [-0.4, -0.2) is 87.6 Å². The van der Waals surface area contributed by atoms with Gasteiger partial charge in [-0.3, -0.25) is 14.4 Å². The van der Waals surface area contributed by atoms with E-state index >= 15 is 0 Å². The Balaban J connectivity index is 1.08. The minimum absolute atomic E-state index is 0.000612. The van der Waals surface area contributed by atoms with Gasteiger partial charge < -0.3 is 9.80 Å². The Bertz CT molecular complexity index is 1420. The SMILES string of the molecule is Cc1ccc(N2CC3(C2)CN(c2nnc4n2-c2ccc(Cl)cc2CN(C2CN(CC(F)(F)F)C2)C4)C3)nc1F. The number of pyridine rings is 1. The molecule has 0 N–H and O–H groups in total. The fraction of sp³-hybridized carbons (Fsp3) is 0.500. The van der Waals surface area contributed by atoms with E-state index in [1.165, 1.54) is 4.90 Å². The maximum Gasteiger partial charge on any atom is 0.401 e. The summed E-state index contributed by atoms with van der Waals surface area (Å²) in [6.07, 6.45) is -4.20. The molecule has 4 aliphatic rings. The first-order valence-corrected chi connectivity index (χ1v) is 13.3. The monoisotopic (exact) mass is 562 g/mol. The number of rotatable bonds is 4. The Hall–Kier alpha value is -2.96. The lowest BCUT2D eigenvalue weighted by atomic mass is 9.73. The van der Waals surface area contributed by atoms with E-state index in [0.29, 0.717) is 42.6 Å². The molecule has 6 heterocycles. The van der Waals surface area contributed by atoms with E-state index in [9.17, 15) is 17.6 Å². The number of fused-ring (bicyclic) bond motifs is 3. The zero-order valence-corrected chi connectivity index (χ0v) is 22.1. The third kappa shape index (κ3) is 4.42. The summed E-state index contributed by atoms with van der Waals surface area (Å²) in [5.74, 6) is 1.74. The predicted molar refractivity (Wildman–Crippen MR) is 138 cm³/mol. The lowest BCUT2D eigenvalue weighted by molar-refractivity contribution is -0.161. The molecule has 3 saturated heterocycles. The summed E-state index contributed by atoms with van der Waals surface area (Å²) >= 11 is 6.35. The van der Waals surface area contributed by atoms with Gasteiger partial charge in [-0.1, -0.05) is 17.7 Å². The van der Waals surface area contributed by atoms with Crippen molar-refractivity contribution in [2.75, 3.05) is 55.6 Å². The fourth-order valence-corrected chi connectivity index (χ4v) is 6.53. The van der Waals surface area contributed by atoms with Gasteiger partial charge in [0.05, 0.1) is 18.8 Å². The molecule has 0 radical (unpaired) electrons. The first kappa shape index (κ1) is 25.0. The van der Waals surface area contributed by atoms with Crippen molar-refractivity contribution in [2.24, 2.45) is 5.41 Å². The number of aromatic nitrogens is 4. The van der Waals surface area contributed by atoms with Crippen molar-refractivity contribution in [3.63, 3.8) is 0 Å². The maximum atomic E-state index is 13.9. The number of aryl methyl sites for hydroxylation is 1. The van der Waals surface area contributed by atoms with E-state index in [1.54, 1.807) is 13.0 Å².